The van der Waals surface area contributed by atoms with Gasteiger partial charge in [-0.05, 0) is 18.6 Å². The van der Waals surface area contributed by atoms with E-state index in [1.165, 1.54) is 11.3 Å². The molecule has 6 heteroatoms. The summed E-state index contributed by atoms with van der Waals surface area (Å²) in [5, 5.41) is 0. The van der Waals surface area contributed by atoms with E-state index in [-0.39, 0.29) is 5.91 Å². The Balaban J connectivity index is 2.53. The van der Waals surface area contributed by atoms with Crippen LogP contribution in [0.4, 0.5) is 0 Å². The van der Waals surface area contributed by atoms with Crippen LogP contribution in [0.3, 0.4) is 0 Å². The Kier molecular flexibility index (Phi) is 5.41. The molecule has 0 unspecified atom stereocenters. The van der Waals surface area contributed by atoms with E-state index in [0.29, 0.717) is 24.7 Å². The number of hydrogen-bond acceptors (Lipinski definition) is 5. The normalized spacial score (nSPS) is 10.4. The first-order valence-corrected chi connectivity index (χ1v) is 5.67. The van der Waals surface area contributed by atoms with Gasteiger partial charge in [0.1, 0.15) is 0 Å². The molecule has 1 amide bonds. The molecule has 0 spiro atoms. The lowest BCUT2D eigenvalue weighted by Gasteiger charge is -2.02. The molecule has 16 heavy (non-hydrogen) atoms. The van der Waals surface area contributed by atoms with E-state index in [0.717, 1.165) is 10.4 Å². The van der Waals surface area contributed by atoms with Crippen molar-refractivity contribution in [2.75, 3.05) is 20.3 Å². The van der Waals surface area contributed by atoms with Gasteiger partial charge in [0, 0.05) is 12.0 Å². The van der Waals surface area contributed by atoms with Gasteiger partial charge in [0.15, 0.2) is 0 Å². The van der Waals surface area contributed by atoms with Crippen LogP contribution in [-0.2, 0) is 16.1 Å². The first kappa shape index (κ1) is 13.1. The molecule has 0 bridgehead atoms. The molecule has 1 aromatic heterocycles. The summed E-state index contributed by atoms with van der Waals surface area (Å²) in [6.07, 6.45) is 0. The Morgan fingerprint density at radius 3 is 2.94 bits per heavy atom. The lowest BCUT2D eigenvalue weighted by atomic mass is 10.2. The number of carbonyl (C=O) groups is 1. The fraction of sp³-hybridized carbons (Fsp3) is 0.500. The monoisotopic (exact) mass is 244 g/mol. The molecule has 0 aliphatic heterocycles. The average molecular weight is 244 g/mol. The van der Waals surface area contributed by atoms with Crippen LogP contribution in [0.2, 0.25) is 0 Å². The van der Waals surface area contributed by atoms with Gasteiger partial charge < -0.3 is 9.47 Å². The largest absolute Gasteiger partial charge is 0.382 e. The molecule has 0 atom stereocenters. The van der Waals surface area contributed by atoms with E-state index >= 15 is 0 Å². The van der Waals surface area contributed by atoms with E-state index in [4.69, 9.17) is 15.3 Å². The van der Waals surface area contributed by atoms with Crippen LogP contribution < -0.4 is 11.3 Å². The second kappa shape index (κ2) is 6.59. The minimum atomic E-state index is -0.267. The van der Waals surface area contributed by atoms with Crippen LogP contribution in [-0.4, -0.2) is 26.2 Å². The van der Waals surface area contributed by atoms with Gasteiger partial charge >= 0.3 is 0 Å². The lowest BCUT2D eigenvalue weighted by Crippen LogP contribution is -2.29. The van der Waals surface area contributed by atoms with Crippen LogP contribution in [0.5, 0.6) is 0 Å². The van der Waals surface area contributed by atoms with E-state index in [1.54, 1.807) is 13.2 Å². The van der Waals surface area contributed by atoms with Crippen molar-refractivity contribution >= 4 is 17.2 Å². The Hall–Kier alpha value is -0.950. The van der Waals surface area contributed by atoms with Gasteiger partial charge in [-0.3, -0.25) is 10.2 Å². The van der Waals surface area contributed by atoms with E-state index in [9.17, 15) is 4.79 Å². The fourth-order valence-corrected chi connectivity index (χ4v) is 2.10. The highest BCUT2D eigenvalue weighted by molar-refractivity contribution is 7.14. The van der Waals surface area contributed by atoms with Crippen LogP contribution >= 0.6 is 11.3 Å². The summed E-state index contributed by atoms with van der Waals surface area (Å²) in [7, 11) is 1.63. The topological polar surface area (TPSA) is 73.6 Å². The second-order valence-electron chi connectivity index (χ2n) is 3.21. The number of rotatable bonds is 6. The van der Waals surface area contributed by atoms with Crippen molar-refractivity contribution in [3.05, 3.63) is 21.4 Å². The number of aryl methyl sites for hydroxylation is 1. The number of ether oxygens (including phenoxy) is 2. The van der Waals surface area contributed by atoms with Crippen molar-refractivity contribution in [2.24, 2.45) is 5.84 Å². The van der Waals surface area contributed by atoms with Crippen LogP contribution in [0.15, 0.2) is 6.07 Å². The molecule has 90 valence electrons. The van der Waals surface area contributed by atoms with E-state index in [2.05, 4.69) is 5.43 Å². The van der Waals surface area contributed by atoms with Crippen molar-refractivity contribution in [1.82, 2.24) is 5.43 Å². The van der Waals surface area contributed by atoms with Gasteiger partial charge in [-0.1, -0.05) is 0 Å². The van der Waals surface area contributed by atoms with Crippen molar-refractivity contribution in [2.45, 2.75) is 13.5 Å². The molecule has 1 rings (SSSR count). The van der Waals surface area contributed by atoms with Crippen molar-refractivity contribution in [3.63, 3.8) is 0 Å². The predicted molar refractivity (Wildman–Crippen MR) is 62.2 cm³/mol. The number of methoxy groups -OCH3 is 1. The summed E-state index contributed by atoms with van der Waals surface area (Å²) in [5.74, 6) is 4.80. The highest BCUT2D eigenvalue weighted by atomic mass is 32.1. The molecule has 0 radical (unpaired) electrons. The third kappa shape index (κ3) is 3.57. The summed E-state index contributed by atoms with van der Waals surface area (Å²) >= 11 is 1.41. The van der Waals surface area contributed by atoms with Gasteiger partial charge in [-0.15, -0.1) is 11.3 Å². The van der Waals surface area contributed by atoms with Crippen molar-refractivity contribution in [1.29, 1.82) is 0 Å². The molecule has 3 N–H and O–H groups in total. The molecule has 0 aromatic carbocycles. The van der Waals surface area contributed by atoms with Crippen LogP contribution in [0.25, 0.3) is 0 Å². The number of hydrazine groups is 1. The molecule has 5 nitrogen and oxygen atoms in total. The molecule has 1 aromatic rings. The summed E-state index contributed by atoms with van der Waals surface area (Å²) in [5.41, 5.74) is 3.12. The number of nitrogens with one attached hydrogen (secondary N) is 1. The Labute approximate surface area is 98.5 Å². The minimum Gasteiger partial charge on any atom is -0.382 e. The number of thiophene rings is 1. The maximum atomic E-state index is 11.3. The summed E-state index contributed by atoms with van der Waals surface area (Å²) in [6, 6.07) is 1.80. The SMILES string of the molecule is COCCOCc1cc(C(=O)NN)sc1C. The predicted octanol–water partition coefficient (Wildman–Crippen LogP) is 0.823. The standard InChI is InChI=1S/C10H16N2O3S/c1-7-8(6-15-4-3-14-2)5-9(16-7)10(13)12-11/h5H,3-4,6,11H2,1-2H3,(H,12,13). The summed E-state index contributed by atoms with van der Waals surface area (Å²) in [4.78, 5) is 12.9. The van der Waals surface area contributed by atoms with Crippen LogP contribution in [0.1, 0.15) is 20.1 Å². The Morgan fingerprint density at radius 1 is 1.56 bits per heavy atom. The lowest BCUT2D eigenvalue weighted by molar-refractivity contribution is 0.0616. The maximum absolute atomic E-state index is 11.3. The second-order valence-corrected chi connectivity index (χ2v) is 4.47. The Bertz CT molecular complexity index is 352. The average Bonchev–Trinajstić information content (AvgIpc) is 2.65. The van der Waals surface area contributed by atoms with Crippen molar-refractivity contribution in [3.8, 4) is 0 Å². The fourth-order valence-electron chi connectivity index (χ4n) is 1.17. The van der Waals surface area contributed by atoms with Gasteiger partial charge in [-0.2, -0.15) is 0 Å². The molecule has 1 heterocycles. The number of hydrogen-bond donors (Lipinski definition) is 2. The highest BCUT2D eigenvalue weighted by Gasteiger charge is 2.11. The Morgan fingerprint density at radius 2 is 2.31 bits per heavy atom. The van der Waals surface area contributed by atoms with E-state index in [1.807, 2.05) is 6.92 Å². The van der Waals surface area contributed by atoms with Gasteiger partial charge in [0.2, 0.25) is 0 Å². The quantitative estimate of drug-likeness (QED) is 0.336. The molecule has 0 aliphatic rings. The van der Waals surface area contributed by atoms with E-state index < -0.39 is 0 Å². The smallest absolute Gasteiger partial charge is 0.275 e. The molecule has 0 fully saturated rings. The minimum absolute atomic E-state index is 0.267. The van der Waals surface area contributed by atoms with Crippen molar-refractivity contribution < 1.29 is 14.3 Å². The zero-order valence-electron chi connectivity index (χ0n) is 9.41. The third-order valence-electron chi connectivity index (χ3n) is 2.06. The first-order chi connectivity index (χ1) is 7.69. The molecule has 0 saturated carbocycles. The van der Waals surface area contributed by atoms with Gasteiger partial charge in [-0.25, -0.2) is 5.84 Å². The zero-order valence-corrected chi connectivity index (χ0v) is 10.2. The number of nitrogen functional groups attached to an aromatic ring is 1. The van der Waals surface area contributed by atoms with Crippen LogP contribution in [0, 0.1) is 6.92 Å². The molecule has 0 aliphatic carbocycles. The molecule has 0 saturated heterocycles. The van der Waals surface area contributed by atoms with Gasteiger partial charge in [0.25, 0.3) is 5.91 Å². The highest BCUT2D eigenvalue weighted by Crippen LogP contribution is 2.22. The molecular formula is C10H16N2O3S. The summed E-state index contributed by atoms with van der Waals surface area (Å²) in [6.45, 7) is 3.56. The third-order valence-corrected chi connectivity index (χ3v) is 3.16. The van der Waals surface area contributed by atoms with Gasteiger partial charge in [0.05, 0.1) is 24.7 Å². The number of amides is 1. The first-order valence-electron chi connectivity index (χ1n) is 4.86. The molecular weight excluding hydrogens is 228 g/mol. The number of carbonyl (C=O) groups excluding carboxylic acids is 1. The zero-order chi connectivity index (χ0) is 12.0. The summed E-state index contributed by atoms with van der Waals surface area (Å²) < 4.78 is 10.3. The number of nitrogens with two attached hydrogens (primary N) is 1. The maximum Gasteiger partial charge on any atom is 0.275 e.